The quantitative estimate of drug-likeness (QED) is 0.636. The normalized spacial score (nSPS) is 31.8. The van der Waals surface area contributed by atoms with Crippen LogP contribution in [-0.2, 0) is 0 Å². The number of nitrogens with zero attached hydrogens (tertiary/aromatic N) is 1. The number of aliphatic hydroxyl groups excluding tert-OH is 1. The molecule has 0 aromatic rings. The Hall–Kier alpha value is -0.120. The van der Waals surface area contributed by atoms with Crippen LogP contribution in [0.15, 0.2) is 0 Å². The Morgan fingerprint density at radius 1 is 1.58 bits per heavy atom. The van der Waals surface area contributed by atoms with E-state index < -0.39 is 0 Å². The number of hydrogen-bond donors (Lipinski definition) is 2. The maximum absolute atomic E-state index is 9.07. The third-order valence-electron chi connectivity index (χ3n) is 2.67. The molecular formula is C9H20N2O. The highest BCUT2D eigenvalue weighted by atomic mass is 16.3. The Balaban J connectivity index is 2.08. The Morgan fingerprint density at radius 3 is 2.58 bits per heavy atom. The predicted octanol–water partition coefficient (Wildman–Crippen LogP) is 0.179. The van der Waals surface area contributed by atoms with Crippen LogP contribution in [0.3, 0.4) is 0 Å². The zero-order valence-corrected chi connectivity index (χ0v) is 8.03. The summed E-state index contributed by atoms with van der Waals surface area (Å²) in [5.74, 6) is 0. The Bertz CT molecular complexity index is 132. The van der Waals surface area contributed by atoms with Gasteiger partial charge in [0.05, 0.1) is 6.10 Å². The first kappa shape index (κ1) is 9.96. The molecule has 0 aliphatic heterocycles. The van der Waals surface area contributed by atoms with Gasteiger partial charge in [-0.15, -0.1) is 0 Å². The van der Waals surface area contributed by atoms with E-state index in [0.29, 0.717) is 12.1 Å². The number of rotatable bonds is 4. The minimum absolute atomic E-state index is 0.179. The summed E-state index contributed by atoms with van der Waals surface area (Å²) in [5, 5.41) is 9.07. The molecule has 0 aromatic carbocycles. The second-order valence-corrected chi connectivity index (χ2v) is 4.00. The lowest BCUT2D eigenvalue weighted by Gasteiger charge is -2.39. The largest absolute Gasteiger partial charge is 0.393 e. The fourth-order valence-electron chi connectivity index (χ4n) is 1.56. The van der Waals surface area contributed by atoms with E-state index in [9.17, 15) is 0 Å². The van der Waals surface area contributed by atoms with Crippen molar-refractivity contribution in [3.8, 4) is 0 Å². The van der Waals surface area contributed by atoms with Gasteiger partial charge in [0, 0.05) is 18.6 Å². The lowest BCUT2D eigenvalue weighted by molar-refractivity contribution is 0.109. The third-order valence-corrected chi connectivity index (χ3v) is 2.67. The smallest absolute Gasteiger partial charge is 0.0524 e. The van der Waals surface area contributed by atoms with Gasteiger partial charge in [-0.3, -0.25) is 0 Å². The van der Waals surface area contributed by atoms with Crippen molar-refractivity contribution >= 4 is 0 Å². The Morgan fingerprint density at radius 2 is 2.17 bits per heavy atom. The highest BCUT2D eigenvalue weighted by Gasteiger charge is 2.28. The van der Waals surface area contributed by atoms with Gasteiger partial charge >= 0.3 is 0 Å². The van der Waals surface area contributed by atoms with Crippen LogP contribution in [0, 0.1) is 0 Å². The second-order valence-electron chi connectivity index (χ2n) is 4.00. The molecule has 0 amide bonds. The van der Waals surface area contributed by atoms with Crippen LogP contribution in [0.5, 0.6) is 0 Å². The summed E-state index contributed by atoms with van der Waals surface area (Å²) < 4.78 is 0. The molecule has 1 saturated carbocycles. The summed E-state index contributed by atoms with van der Waals surface area (Å²) in [4.78, 5) is 2.30. The first-order chi connectivity index (χ1) is 5.59. The van der Waals surface area contributed by atoms with E-state index in [1.807, 2.05) is 6.92 Å². The van der Waals surface area contributed by atoms with Crippen molar-refractivity contribution < 1.29 is 5.11 Å². The van der Waals surface area contributed by atoms with Crippen molar-refractivity contribution in [2.24, 2.45) is 5.73 Å². The van der Waals surface area contributed by atoms with E-state index >= 15 is 0 Å². The predicted molar refractivity (Wildman–Crippen MR) is 49.9 cm³/mol. The highest BCUT2D eigenvalue weighted by molar-refractivity contribution is 4.88. The molecule has 1 aliphatic carbocycles. The van der Waals surface area contributed by atoms with Crippen LogP contribution in [0.25, 0.3) is 0 Å². The molecule has 3 nitrogen and oxygen atoms in total. The van der Waals surface area contributed by atoms with Gasteiger partial charge in [-0.1, -0.05) is 0 Å². The van der Waals surface area contributed by atoms with Crippen LogP contribution in [0.2, 0.25) is 0 Å². The van der Waals surface area contributed by atoms with E-state index in [4.69, 9.17) is 10.8 Å². The van der Waals surface area contributed by atoms with E-state index in [2.05, 4.69) is 11.9 Å². The summed E-state index contributed by atoms with van der Waals surface area (Å²) in [6.07, 6.45) is 2.93. The van der Waals surface area contributed by atoms with Crippen molar-refractivity contribution in [3.63, 3.8) is 0 Å². The lowest BCUT2D eigenvalue weighted by atomic mass is 9.86. The van der Waals surface area contributed by atoms with Gasteiger partial charge in [0.1, 0.15) is 0 Å². The maximum atomic E-state index is 9.07. The maximum Gasteiger partial charge on any atom is 0.0524 e. The molecule has 1 atom stereocenters. The van der Waals surface area contributed by atoms with Crippen LogP contribution in [0.1, 0.15) is 26.2 Å². The van der Waals surface area contributed by atoms with E-state index in [1.54, 1.807) is 0 Å². The number of hydrogen-bond acceptors (Lipinski definition) is 3. The molecule has 1 rings (SSSR count). The molecule has 1 aliphatic rings. The molecule has 0 radical (unpaired) electrons. The summed E-state index contributed by atoms with van der Waals surface area (Å²) >= 11 is 0. The molecule has 0 saturated heterocycles. The van der Waals surface area contributed by atoms with Gasteiger partial charge in [0.2, 0.25) is 0 Å². The molecule has 72 valence electrons. The first-order valence-corrected chi connectivity index (χ1v) is 4.73. The fraction of sp³-hybridized carbons (Fsp3) is 1.00. The standard InChI is InChI=1S/C9H20N2O/c1-7(12)3-4-11(2)9-5-8(10)6-9/h7-9,12H,3-6,10H2,1-2H3. The minimum atomic E-state index is -0.179. The zero-order valence-electron chi connectivity index (χ0n) is 8.03. The summed E-state index contributed by atoms with van der Waals surface area (Å²) in [6, 6.07) is 1.09. The topological polar surface area (TPSA) is 49.5 Å². The zero-order chi connectivity index (χ0) is 9.14. The molecule has 0 aromatic heterocycles. The van der Waals surface area contributed by atoms with Crippen LogP contribution < -0.4 is 5.73 Å². The average molecular weight is 172 g/mol. The SMILES string of the molecule is CC(O)CCN(C)C1CC(N)C1. The average Bonchev–Trinajstić information content (AvgIpc) is 1.94. The van der Waals surface area contributed by atoms with E-state index in [1.165, 1.54) is 0 Å². The van der Waals surface area contributed by atoms with Crippen molar-refractivity contribution in [2.75, 3.05) is 13.6 Å². The Labute approximate surface area is 74.5 Å². The number of nitrogens with two attached hydrogens (primary N) is 1. The molecular weight excluding hydrogens is 152 g/mol. The molecule has 0 heterocycles. The van der Waals surface area contributed by atoms with Crippen molar-refractivity contribution in [2.45, 2.75) is 44.4 Å². The van der Waals surface area contributed by atoms with Gasteiger partial charge in [0.15, 0.2) is 0 Å². The minimum Gasteiger partial charge on any atom is -0.393 e. The molecule has 12 heavy (non-hydrogen) atoms. The molecule has 3 heteroatoms. The molecule has 1 fully saturated rings. The summed E-state index contributed by atoms with van der Waals surface area (Å²) in [6.45, 7) is 2.81. The van der Waals surface area contributed by atoms with Crippen LogP contribution >= 0.6 is 0 Å². The molecule has 0 bridgehead atoms. The van der Waals surface area contributed by atoms with Gasteiger partial charge in [-0.25, -0.2) is 0 Å². The van der Waals surface area contributed by atoms with Gasteiger partial charge < -0.3 is 15.7 Å². The van der Waals surface area contributed by atoms with Gasteiger partial charge in [0.25, 0.3) is 0 Å². The lowest BCUT2D eigenvalue weighted by Crippen LogP contribution is -2.49. The third kappa shape index (κ3) is 2.73. The van der Waals surface area contributed by atoms with Crippen LogP contribution in [0.4, 0.5) is 0 Å². The van der Waals surface area contributed by atoms with Gasteiger partial charge in [-0.2, -0.15) is 0 Å². The summed E-state index contributed by atoms with van der Waals surface area (Å²) in [7, 11) is 2.11. The molecule has 1 unspecified atom stereocenters. The number of aliphatic hydroxyl groups is 1. The van der Waals surface area contributed by atoms with E-state index in [-0.39, 0.29) is 6.10 Å². The molecule has 0 spiro atoms. The Kier molecular flexibility index (Phi) is 3.50. The van der Waals surface area contributed by atoms with E-state index in [0.717, 1.165) is 25.8 Å². The van der Waals surface area contributed by atoms with Crippen molar-refractivity contribution in [3.05, 3.63) is 0 Å². The molecule has 3 N–H and O–H groups in total. The van der Waals surface area contributed by atoms with Crippen LogP contribution in [-0.4, -0.2) is 41.8 Å². The van der Waals surface area contributed by atoms with Crippen molar-refractivity contribution in [1.82, 2.24) is 4.90 Å². The van der Waals surface area contributed by atoms with Gasteiger partial charge in [-0.05, 0) is 33.2 Å². The highest BCUT2D eigenvalue weighted by Crippen LogP contribution is 2.22. The summed E-state index contributed by atoms with van der Waals surface area (Å²) in [5.41, 5.74) is 5.69. The second kappa shape index (κ2) is 4.21. The monoisotopic (exact) mass is 172 g/mol. The first-order valence-electron chi connectivity index (χ1n) is 4.73. The van der Waals surface area contributed by atoms with Crippen molar-refractivity contribution in [1.29, 1.82) is 0 Å². The fourth-order valence-corrected chi connectivity index (χ4v) is 1.56.